The van der Waals surface area contributed by atoms with Crippen LogP contribution in [0.1, 0.15) is 12.8 Å². The molecule has 0 bridgehead atoms. The van der Waals surface area contributed by atoms with E-state index >= 15 is 0 Å². The van der Waals surface area contributed by atoms with Crippen molar-refractivity contribution in [2.75, 3.05) is 19.6 Å². The molecule has 2 nitrogen and oxygen atoms in total. The van der Waals surface area contributed by atoms with Crippen molar-refractivity contribution < 1.29 is 0 Å². The molecule has 52 valence electrons. The van der Waals surface area contributed by atoms with E-state index in [9.17, 15) is 0 Å². The molecule has 2 aliphatic rings. The Balaban J connectivity index is 1.82. The van der Waals surface area contributed by atoms with Crippen molar-refractivity contribution in [1.82, 2.24) is 10.6 Å². The fourth-order valence-corrected chi connectivity index (χ4v) is 1.71. The Labute approximate surface area is 56.0 Å². The maximum atomic E-state index is 3.52. The molecule has 0 spiro atoms. The first-order valence-electron chi connectivity index (χ1n) is 3.91. The smallest absolute Gasteiger partial charge is 0.0120 e. The molecule has 0 saturated carbocycles. The minimum atomic E-state index is 0.853. The zero-order chi connectivity index (χ0) is 6.10. The van der Waals surface area contributed by atoms with Gasteiger partial charge in [0.05, 0.1) is 0 Å². The molecule has 0 aromatic rings. The second-order valence-electron chi connectivity index (χ2n) is 3.12. The van der Waals surface area contributed by atoms with E-state index in [4.69, 9.17) is 0 Å². The standard InChI is InChI=1S/C7H14N2/c1-2-7(9-3-1)6-4-8-5-6/h6-9H,1-5H2. The molecule has 9 heavy (non-hydrogen) atoms. The molecular weight excluding hydrogens is 112 g/mol. The predicted molar refractivity (Wildman–Crippen MR) is 37.4 cm³/mol. The Bertz CT molecular complexity index is 93.1. The van der Waals surface area contributed by atoms with Gasteiger partial charge in [-0.2, -0.15) is 0 Å². The molecule has 2 fully saturated rings. The lowest BCUT2D eigenvalue weighted by Crippen LogP contribution is -2.51. The minimum absolute atomic E-state index is 0.853. The summed E-state index contributed by atoms with van der Waals surface area (Å²) in [5.41, 5.74) is 0. The van der Waals surface area contributed by atoms with Gasteiger partial charge in [-0.05, 0) is 25.3 Å². The van der Waals surface area contributed by atoms with Crippen molar-refractivity contribution in [2.45, 2.75) is 18.9 Å². The van der Waals surface area contributed by atoms with Gasteiger partial charge >= 0.3 is 0 Å². The summed E-state index contributed by atoms with van der Waals surface area (Å²) < 4.78 is 0. The lowest BCUT2D eigenvalue weighted by atomic mass is 9.93. The summed E-state index contributed by atoms with van der Waals surface area (Å²) in [6.45, 7) is 3.75. The van der Waals surface area contributed by atoms with Crippen molar-refractivity contribution in [2.24, 2.45) is 5.92 Å². The van der Waals surface area contributed by atoms with Gasteiger partial charge in [-0.15, -0.1) is 0 Å². The van der Waals surface area contributed by atoms with Gasteiger partial charge in [0.15, 0.2) is 0 Å². The van der Waals surface area contributed by atoms with Gasteiger partial charge in [-0.3, -0.25) is 0 Å². The molecule has 1 atom stereocenters. The van der Waals surface area contributed by atoms with Crippen LogP contribution in [0.4, 0.5) is 0 Å². The highest BCUT2D eigenvalue weighted by atomic mass is 15.0. The lowest BCUT2D eigenvalue weighted by molar-refractivity contribution is 0.274. The third-order valence-corrected chi connectivity index (χ3v) is 2.48. The van der Waals surface area contributed by atoms with Crippen LogP contribution in [0.25, 0.3) is 0 Å². The number of rotatable bonds is 1. The molecule has 0 aromatic heterocycles. The summed E-state index contributed by atoms with van der Waals surface area (Å²) in [5, 5.41) is 6.82. The Morgan fingerprint density at radius 2 is 2.11 bits per heavy atom. The van der Waals surface area contributed by atoms with E-state index in [1.165, 1.54) is 32.5 Å². The molecule has 2 rings (SSSR count). The topological polar surface area (TPSA) is 24.1 Å². The van der Waals surface area contributed by atoms with Gasteiger partial charge in [-0.1, -0.05) is 0 Å². The van der Waals surface area contributed by atoms with Gasteiger partial charge in [0, 0.05) is 19.1 Å². The number of hydrogen-bond donors (Lipinski definition) is 2. The molecule has 2 heteroatoms. The first-order valence-corrected chi connectivity index (χ1v) is 3.91. The van der Waals surface area contributed by atoms with Crippen LogP contribution in [0.3, 0.4) is 0 Å². The zero-order valence-electron chi connectivity index (χ0n) is 5.69. The van der Waals surface area contributed by atoms with Crippen LogP contribution in [0.5, 0.6) is 0 Å². The molecule has 1 unspecified atom stereocenters. The molecule has 2 heterocycles. The molecular formula is C7H14N2. The van der Waals surface area contributed by atoms with Gasteiger partial charge < -0.3 is 10.6 Å². The van der Waals surface area contributed by atoms with Gasteiger partial charge in [0.2, 0.25) is 0 Å². The van der Waals surface area contributed by atoms with E-state index in [0.29, 0.717) is 0 Å². The van der Waals surface area contributed by atoms with Crippen LogP contribution >= 0.6 is 0 Å². The molecule has 0 radical (unpaired) electrons. The van der Waals surface area contributed by atoms with E-state index in [2.05, 4.69) is 10.6 Å². The van der Waals surface area contributed by atoms with Gasteiger partial charge in [0.1, 0.15) is 0 Å². The third-order valence-electron chi connectivity index (χ3n) is 2.48. The highest BCUT2D eigenvalue weighted by Gasteiger charge is 2.28. The van der Waals surface area contributed by atoms with Crippen molar-refractivity contribution in [3.8, 4) is 0 Å². The minimum Gasteiger partial charge on any atom is -0.316 e. The van der Waals surface area contributed by atoms with Crippen molar-refractivity contribution in [1.29, 1.82) is 0 Å². The maximum Gasteiger partial charge on any atom is 0.0120 e. The molecule has 2 saturated heterocycles. The van der Waals surface area contributed by atoms with Crippen LogP contribution < -0.4 is 10.6 Å². The molecule has 0 aromatic carbocycles. The summed E-state index contributed by atoms with van der Waals surface area (Å²) in [6.07, 6.45) is 2.80. The fraction of sp³-hybridized carbons (Fsp3) is 1.00. The molecule has 2 aliphatic heterocycles. The van der Waals surface area contributed by atoms with Crippen molar-refractivity contribution in [3.05, 3.63) is 0 Å². The van der Waals surface area contributed by atoms with Gasteiger partial charge in [-0.25, -0.2) is 0 Å². The normalized spacial score (nSPS) is 36.7. The van der Waals surface area contributed by atoms with Gasteiger partial charge in [0.25, 0.3) is 0 Å². The Kier molecular flexibility index (Phi) is 1.44. The average Bonchev–Trinajstić information content (AvgIpc) is 2.11. The van der Waals surface area contributed by atoms with Crippen LogP contribution in [-0.2, 0) is 0 Å². The molecule has 0 aliphatic carbocycles. The Morgan fingerprint density at radius 1 is 1.22 bits per heavy atom. The summed E-state index contributed by atoms with van der Waals surface area (Å²) in [7, 11) is 0. The lowest BCUT2D eigenvalue weighted by Gasteiger charge is -2.32. The largest absolute Gasteiger partial charge is 0.316 e. The SMILES string of the molecule is C1CNC(C2CNC2)C1. The first kappa shape index (κ1) is 5.69. The third kappa shape index (κ3) is 0.970. The monoisotopic (exact) mass is 126 g/mol. The second-order valence-corrected chi connectivity index (χ2v) is 3.12. The van der Waals surface area contributed by atoms with Crippen LogP contribution in [0.2, 0.25) is 0 Å². The number of nitrogens with one attached hydrogen (secondary N) is 2. The van der Waals surface area contributed by atoms with Crippen molar-refractivity contribution in [3.63, 3.8) is 0 Å². The van der Waals surface area contributed by atoms with Crippen LogP contribution in [0, 0.1) is 5.92 Å². The summed E-state index contributed by atoms with van der Waals surface area (Å²) in [4.78, 5) is 0. The van der Waals surface area contributed by atoms with E-state index in [1.54, 1.807) is 0 Å². The fourth-order valence-electron chi connectivity index (χ4n) is 1.71. The maximum absolute atomic E-state index is 3.52. The summed E-state index contributed by atoms with van der Waals surface area (Å²) in [5.74, 6) is 0.951. The van der Waals surface area contributed by atoms with Crippen molar-refractivity contribution >= 4 is 0 Å². The predicted octanol–water partition coefficient (Wildman–Crippen LogP) is -0.0422. The summed E-state index contributed by atoms with van der Waals surface area (Å²) >= 11 is 0. The highest BCUT2D eigenvalue weighted by molar-refractivity contribution is 4.88. The number of hydrogen-bond acceptors (Lipinski definition) is 2. The molecule has 2 N–H and O–H groups in total. The van der Waals surface area contributed by atoms with E-state index in [0.717, 1.165) is 12.0 Å². The highest BCUT2D eigenvalue weighted by Crippen LogP contribution is 2.17. The summed E-state index contributed by atoms with van der Waals surface area (Å²) in [6, 6.07) is 0.853. The quantitative estimate of drug-likeness (QED) is 0.515. The Morgan fingerprint density at radius 3 is 2.56 bits per heavy atom. The second kappa shape index (κ2) is 2.27. The Hall–Kier alpha value is -0.0800. The average molecular weight is 126 g/mol. The first-order chi connectivity index (χ1) is 4.47. The van der Waals surface area contributed by atoms with E-state index in [1.807, 2.05) is 0 Å². The van der Waals surface area contributed by atoms with Crippen LogP contribution in [0.15, 0.2) is 0 Å². The van der Waals surface area contributed by atoms with Crippen LogP contribution in [-0.4, -0.2) is 25.7 Å². The zero-order valence-corrected chi connectivity index (χ0v) is 5.69. The molecule has 0 amide bonds. The van der Waals surface area contributed by atoms with E-state index < -0.39 is 0 Å². The van der Waals surface area contributed by atoms with E-state index in [-0.39, 0.29) is 0 Å².